The van der Waals surface area contributed by atoms with Crippen LogP contribution in [0.5, 0.6) is 0 Å². The van der Waals surface area contributed by atoms with E-state index in [9.17, 15) is 9.59 Å². The van der Waals surface area contributed by atoms with Gasteiger partial charge in [0.15, 0.2) is 0 Å². The van der Waals surface area contributed by atoms with E-state index in [-0.39, 0.29) is 18.4 Å². The summed E-state index contributed by atoms with van der Waals surface area (Å²) in [5.41, 5.74) is 7.90. The summed E-state index contributed by atoms with van der Waals surface area (Å²) in [6, 6.07) is 25.3. The molecule has 2 amide bonds. The van der Waals surface area contributed by atoms with Crippen LogP contribution in [-0.4, -0.2) is 59.0 Å². The van der Waals surface area contributed by atoms with E-state index >= 15 is 0 Å². The van der Waals surface area contributed by atoms with E-state index in [4.69, 9.17) is 0 Å². The highest BCUT2D eigenvalue weighted by atomic mass is 16.2. The summed E-state index contributed by atoms with van der Waals surface area (Å²) < 4.78 is 3.49. The summed E-state index contributed by atoms with van der Waals surface area (Å²) in [7, 11) is 1.89. The minimum absolute atomic E-state index is 0.0527. The molecule has 0 unspecified atom stereocenters. The van der Waals surface area contributed by atoms with E-state index in [2.05, 4.69) is 27.5 Å². The number of fused-ring (bicyclic) bond motifs is 1. The molecule has 0 saturated carbocycles. The maximum atomic E-state index is 14.5. The van der Waals surface area contributed by atoms with Crippen molar-refractivity contribution in [2.75, 3.05) is 6.54 Å². The van der Waals surface area contributed by atoms with Gasteiger partial charge in [-0.1, -0.05) is 71.9 Å². The molecule has 0 saturated heterocycles. The minimum Gasteiger partial charge on any atom is -0.336 e. The second-order valence-electron chi connectivity index (χ2n) is 11.5. The van der Waals surface area contributed by atoms with E-state index in [0.29, 0.717) is 19.5 Å². The van der Waals surface area contributed by atoms with Gasteiger partial charge in [-0.15, -0.1) is 5.10 Å². The summed E-state index contributed by atoms with van der Waals surface area (Å²) in [6.45, 7) is 5.31. The van der Waals surface area contributed by atoms with Crippen LogP contribution in [0.4, 0.5) is 0 Å². The molecule has 0 fully saturated rings. The number of hydrogen-bond acceptors (Lipinski definition) is 5. The van der Waals surface area contributed by atoms with E-state index < -0.39 is 6.04 Å². The van der Waals surface area contributed by atoms with Crippen molar-refractivity contribution in [3.8, 4) is 5.69 Å². The number of hydrogen-bond donors (Lipinski definition) is 0. The number of amides is 2. The fraction of sp³-hybridized carbons (Fsp3) is 0.250. The zero-order valence-corrected chi connectivity index (χ0v) is 25.9. The second kappa shape index (κ2) is 13.1. The Hall–Kier alpha value is -5.31. The Bertz CT molecular complexity index is 1810. The Morgan fingerprint density at radius 2 is 1.67 bits per heavy atom. The number of aromatic nitrogens is 5. The first-order chi connectivity index (χ1) is 21.9. The van der Waals surface area contributed by atoms with E-state index in [1.54, 1.807) is 28.1 Å². The van der Waals surface area contributed by atoms with Gasteiger partial charge in [-0.05, 0) is 60.7 Å². The highest BCUT2D eigenvalue weighted by Gasteiger charge is 2.34. The molecule has 1 atom stereocenters. The van der Waals surface area contributed by atoms with Crippen molar-refractivity contribution in [1.82, 2.24) is 34.6 Å². The molecule has 3 heterocycles. The Morgan fingerprint density at radius 3 is 2.36 bits per heavy atom. The Labute approximate surface area is 263 Å². The average molecular weight is 600 g/mol. The molecule has 228 valence electrons. The minimum atomic E-state index is -0.708. The predicted octanol–water partition coefficient (Wildman–Crippen LogP) is 4.86. The smallest absolute Gasteiger partial charge is 0.247 e. The van der Waals surface area contributed by atoms with Gasteiger partial charge >= 0.3 is 0 Å². The first-order valence-electron chi connectivity index (χ1n) is 15.2. The van der Waals surface area contributed by atoms with Gasteiger partial charge < -0.3 is 9.80 Å². The molecule has 0 aliphatic carbocycles. The number of nitrogens with zero attached hydrogens (tertiary/aromatic N) is 7. The molecule has 0 radical (unpaired) electrons. The number of carbonyl (C=O) groups is 2. The van der Waals surface area contributed by atoms with Crippen LogP contribution >= 0.6 is 0 Å². The molecule has 45 heavy (non-hydrogen) atoms. The summed E-state index contributed by atoms with van der Waals surface area (Å²) in [5.74, 6) is -0.284. The molecule has 5 aromatic rings. The van der Waals surface area contributed by atoms with Crippen molar-refractivity contribution in [1.29, 1.82) is 0 Å². The maximum absolute atomic E-state index is 14.5. The highest BCUT2D eigenvalue weighted by molar-refractivity contribution is 5.96. The molecule has 2 aromatic heterocycles. The molecule has 1 aliphatic rings. The molecule has 0 N–H and O–H groups in total. The van der Waals surface area contributed by atoms with Gasteiger partial charge in [0.25, 0.3) is 0 Å². The van der Waals surface area contributed by atoms with Crippen molar-refractivity contribution in [3.63, 3.8) is 0 Å². The topological polar surface area (TPSA) is 89.1 Å². The molecule has 3 aromatic carbocycles. The fourth-order valence-electron chi connectivity index (χ4n) is 5.98. The molecular weight excluding hydrogens is 562 g/mol. The average Bonchev–Trinajstić information content (AvgIpc) is 3.69. The van der Waals surface area contributed by atoms with Crippen LogP contribution in [0.2, 0.25) is 0 Å². The van der Waals surface area contributed by atoms with Crippen molar-refractivity contribution in [2.24, 2.45) is 7.05 Å². The van der Waals surface area contributed by atoms with Gasteiger partial charge in [-0.2, -0.15) is 5.10 Å². The van der Waals surface area contributed by atoms with Gasteiger partial charge in [0, 0.05) is 50.4 Å². The lowest BCUT2D eigenvalue weighted by Gasteiger charge is -2.37. The molecule has 1 aliphatic heterocycles. The summed E-state index contributed by atoms with van der Waals surface area (Å²) >= 11 is 0. The van der Waals surface area contributed by atoms with Gasteiger partial charge in [-0.25, -0.2) is 4.68 Å². The zero-order chi connectivity index (χ0) is 31.3. The van der Waals surface area contributed by atoms with E-state index in [1.807, 2.05) is 103 Å². The Balaban J connectivity index is 1.36. The van der Waals surface area contributed by atoms with Crippen LogP contribution in [0.15, 0.2) is 97.3 Å². The normalized spacial score (nSPS) is 13.5. The van der Waals surface area contributed by atoms with Crippen molar-refractivity contribution in [2.45, 2.75) is 45.8 Å². The lowest BCUT2D eigenvalue weighted by molar-refractivity contribution is -0.144. The number of rotatable bonds is 9. The van der Waals surface area contributed by atoms with Crippen molar-refractivity contribution >= 4 is 17.9 Å². The van der Waals surface area contributed by atoms with Crippen LogP contribution in [0.3, 0.4) is 0 Å². The van der Waals surface area contributed by atoms with Gasteiger partial charge in [0.05, 0.1) is 23.8 Å². The van der Waals surface area contributed by atoms with Gasteiger partial charge in [-0.3, -0.25) is 14.3 Å². The zero-order valence-electron chi connectivity index (χ0n) is 25.9. The Morgan fingerprint density at radius 1 is 0.933 bits per heavy atom. The van der Waals surface area contributed by atoms with Crippen LogP contribution in [-0.2, 0) is 42.6 Å². The van der Waals surface area contributed by atoms with E-state index in [0.717, 1.165) is 45.7 Å². The molecule has 0 spiro atoms. The number of benzene rings is 3. The predicted molar refractivity (Wildman–Crippen MR) is 173 cm³/mol. The first-order valence-corrected chi connectivity index (χ1v) is 15.2. The SMILES string of the molecule is Cc1nn(C)c(C)c1/C=C/C(=O)N(Cc1ccc(-n2ccnn2)cc1)[C@@H](Cc1ccccc1)C(=O)N1CCc2ccccc2C1. The van der Waals surface area contributed by atoms with Crippen LogP contribution < -0.4 is 0 Å². The quantitative estimate of drug-likeness (QED) is 0.226. The van der Waals surface area contributed by atoms with Crippen molar-refractivity contribution < 1.29 is 9.59 Å². The molecule has 6 rings (SSSR count). The van der Waals surface area contributed by atoms with Crippen molar-refractivity contribution in [3.05, 3.63) is 137 Å². The highest BCUT2D eigenvalue weighted by Crippen LogP contribution is 2.24. The Kier molecular flexibility index (Phi) is 8.68. The molecule has 9 nitrogen and oxygen atoms in total. The molecule has 0 bridgehead atoms. The maximum Gasteiger partial charge on any atom is 0.247 e. The standard InChI is InChI=1S/C36H37N7O2/c1-26-33(27(2)40(3)38-26)17-18-35(44)42(24-29-13-15-32(16-14-29)43-22-20-37-39-43)34(23-28-9-5-4-6-10-28)36(45)41-21-19-30-11-7-8-12-31(30)25-41/h4-18,20,22,34H,19,21,23-25H2,1-3H3/b18-17+/t34-/m0/s1. The summed E-state index contributed by atoms with van der Waals surface area (Å²) in [4.78, 5) is 32.4. The third-order valence-corrected chi connectivity index (χ3v) is 8.59. The summed E-state index contributed by atoms with van der Waals surface area (Å²) in [6.07, 6.45) is 8.00. The third-order valence-electron chi connectivity index (χ3n) is 8.59. The number of carbonyl (C=O) groups excluding carboxylic acids is 2. The molecule has 9 heteroatoms. The van der Waals surface area contributed by atoms with E-state index in [1.165, 1.54) is 5.56 Å². The monoisotopic (exact) mass is 599 g/mol. The van der Waals surface area contributed by atoms with Gasteiger partial charge in [0.2, 0.25) is 11.8 Å². The first kappa shape index (κ1) is 29.7. The fourth-order valence-corrected chi connectivity index (χ4v) is 5.98. The third kappa shape index (κ3) is 6.62. The second-order valence-corrected chi connectivity index (χ2v) is 11.5. The summed E-state index contributed by atoms with van der Waals surface area (Å²) in [5, 5.41) is 12.5. The van der Waals surface area contributed by atoms with Crippen LogP contribution in [0, 0.1) is 13.8 Å². The lowest BCUT2D eigenvalue weighted by Crippen LogP contribution is -2.52. The van der Waals surface area contributed by atoms with Crippen LogP contribution in [0.25, 0.3) is 11.8 Å². The number of aryl methyl sites for hydroxylation is 2. The van der Waals surface area contributed by atoms with Crippen LogP contribution in [0.1, 0.15) is 39.2 Å². The lowest BCUT2D eigenvalue weighted by atomic mass is 9.97. The molecular formula is C36H37N7O2. The van der Waals surface area contributed by atoms with Gasteiger partial charge in [0.1, 0.15) is 6.04 Å². The largest absolute Gasteiger partial charge is 0.336 e.